The highest BCUT2D eigenvalue weighted by molar-refractivity contribution is 5.79. The standard InChI is InChI=1S/C16H18O4/c1-12(15(18)3-2-4-16(19)20)5-6-13-7-9-14(11-17)10-8-13/h2,4-12,15,18H,3H2,1H3,(H,19,20)/b4-2+,6-5+/t12-,15+/m1/s1. The Morgan fingerprint density at radius 1 is 1.25 bits per heavy atom. The van der Waals surface area contributed by atoms with Crippen LogP contribution in [0, 0.1) is 5.92 Å². The first kappa shape index (κ1) is 15.9. The molecule has 0 aliphatic rings. The van der Waals surface area contributed by atoms with Crippen LogP contribution in [0.25, 0.3) is 6.08 Å². The molecule has 0 aliphatic heterocycles. The van der Waals surface area contributed by atoms with Crippen LogP contribution in [0.1, 0.15) is 29.3 Å². The quantitative estimate of drug-likeness (QED) is 0.592. The summed E-state index contributed by atoms with van der Waals surface area (Å²) in [5.41, 5.74) is 1.56. The van der Waals surface area contributed by atoms with Gasteiger partial charge in [-0.25, -0.2) is 4.79 Å². The molecule has 0 spiro atoms. The lowest BCUT2D eigenvalue weighted by Gasteiger charge is -2.13. The predicted molar refractivity (Wildman–Crippen MR) is 77.4 cm³/mol. The van der Waals surface area contributed by atoms with E-state index in [2.05, 4.69) is 0 Å². The SMILES string of the molecule is C[C@H](/C=C/c1ccc(C=O)cc1)[C@@H](O)C/C=C/C(=O)O. The molecule has 2 atom stereocenters. The van der Waals surface area contributed by atoms with Gasteiger partial charge in [0.1, 0.15) is 6.29 Å². The molecule has 0 radical (unpaired) electrons. The van der Waals surface area contributed by atoms with Gasteiger partial charge in [-0.2, -0.15) is 0 Å². The van der Waals surface area contributed by atoms with Gasteiger partial charge in [0.25, 0.3) is 0 Å². The maximum Gasteiger partial charge on any atom is 0.327 e. The summed E-state index contributed by atoms with van der Waals surface area (Å²) < 4.78 is 0. The number of aliphatic hydroxyl groups is 1. The smallest absolute Gasteiger partial charge is 0.327 e. The first-order valence-corrected chi connectivity index (χ1v) is 6.34. The molecule has 0 aliphatic carbocycles. The van der Waals surface area contributed by atoms with Crippen LogP contribution in [0.3, 0.4) is 0 Å². The van der Waals surface area contributed by atoms with E-state index in [0.29, 0.717) is 12.0 Å². The molecule has 20 heavy (non-hydrogen) atoms. The van der Waals surface area contributed by atoms with Crippen molar-refractivity contribution in [2.75, 3.05) is 0 Å². The Balaban J connectivity index is 2.54. The van der Waals surface area contributed by atoms with Crippen molar-refractivity contribution in [3.63, 3.8) is 0 Å². The van der Waals surface area contributed by atoms with E-state index in [1.165, 1.54) is 6.08 Å². The largest absolute Gasteiger partial charge is 0.478 e. The molecular weight excluding hydrogens is 256 g/mol. The monoisotopic (exact) mass is 274 g/mol. The zero-order valence-electron chi connectivity index (χ0n) is 11.3. The maximum atomic E-state index is 10.5. The Bertz CT molecular complexity index is 500. The second-order valence-electron chi connectivity index (χ2n) is 4.55. The molecule has 0 bridgehead atoms. The first-order chi connectivity index (χ1) is 9.52. The number of carboxylic acids is 1. The molecule has 1 aromatic rings. The normalized spacial score (nSPS) is 14.5. The topological polar surface area (TPSA) is 74.6 Å². The summed E-state index contributed by atoms with van der Waals surface area (Å²) in [5, 5.41) is 18.3. The van der Waals surface area contributed by atoms with Crippen molar-refractivity contribution in [3.8, 4) is 0 Å². The van der Waals surface area contributed by atoms with Crippen molar-refractivity contribution in [3.05, 3.63) is 53.6 Å². The van der Waals surface area contributed by atoms with E-state index in [1.54, 1.807) is 12.1 Å². The van der Waals surface area contributed by atoms with E-state index >= 15 is 0 Å². The van der Waals surface area contributed by atoms with Gasteiger partial charge in [0.05, 0.1) is 6.10 Å². The summed E-state index contributed by atoms with van der Waals surface area (Å²) >= 11 is 0. The van der Waals surface area contributed by atoms with Crippen LogP contribution in [0.15, 0.2) is 42.5 Å². The molecule has 1 aromatic carbocycles. The molecule has 0 amide bonds. The summed E-state index contributed by atoms with van der Waals surface area (Å²) in [7, 11) is 0. The Hall–Kier alpha value is -2.20. The van der Waals surface area contributed by atoms with E-state index in [4.69, 9.17) is 5.11 Å². The van der Waals surface area contributed by atoms with Gasteiger partial charge in [-0.05, 0) is 12.0 Å². The van der Waals surface area contributed by atoms with Gasteiger partial charge in [0, 0.05) is 17.6 Å². The van der Waals surface area contributed by atoms with Crippen LogP contribution < -0.4 is 0 Å². The minimum Gasteiger partial charge on any atom is -0.478 e. The van der Waals surface area contributed by atoms with Gasteiger partial charge in [-0.15, -0.1) is 0 Å². The molecule has 0 fully saturated rings. The number of aldehydes is 1. The summed E-state index contributed by atoms with van der Waals surface area (Å²) in [4.78, 5) is 20.8. The summed E-state index contributed by atoms with van der Waals surface area (Å²) in [6.45, 7) is 1.86. The fourth-order valence-electron chi connectivity index (χ4n) is 1.60. The fraction of sp³-hybridized carbons (Fsp3) is 0.250. The third kappa shape index (κ3) is 5.63. The van der Waals surface area contributed by atoms with Crippen molar-refractivity contribution >= 4 is 18.3 Å². The average Bonchev–Trinajstić information content (AvgIpc) is 2.44. The summed E-state index contributed by atoms with van der Waals surface area (Å²) in [6, 6.07) is 7.10. The number of hydrogen-bond donors (Lipinski definition) is 2. The highest BCUT2D eigenvalue weighted by Crippen LogP contribution is 2.12. The van der Waals surface area contributed by atoms with Crippen LogP contribution in [-0.4, -0.2) is 28.6 Å². The van der Waals surface area contributed by atoms with Gasteiger partial charge in [0.15, 0.2) is 0 Å². The van der Waals surface area contributed by atoms with Gasteiger partial charge in [0.2, 0.25) is 0 Å². The molecule has 0 heterocycles. The Kier molecular flexibility index (Phi) is 6.40. The van der Waals surface area contributed by atoms with Gasteiger partial charge in [-0.3, -0.25) is 4.79 Å². The van der Waals surface area contributed by atoms with E-state index in [-0.39, 0.29) is 5.92 Å². The summed E-state index contributed by atoms with van der Waals surface area (Å²) in [6.07, 6.45) is 6.64. The van der Waals surface area contributed by atoms with Crippen molar-refractivity contribution in [2.24, 2.45) is 5.92 Å². The Morgan fingerprint density at radius 2 is 1.85 bits per heavy atom. The Morgan fingerprint density at radius 3 is 2.40 bits per heavy atom. The minimum atomic E-state index is -1.02. The number of benzene rings is 1. The van der Waals surface area contributed by atoms with E-state index in [0.717, 1.165) is 17.9 Å². The van der Waals surface area contributed by atoms with Gasteiger partial charge >= 0.3 is 5.97 Å². The lowest BCUT2D eigenvalue weighted by Crippen LogP contribution is -2.14. The van der Waals surface area contributed by atoms with Crippen molar-refractivity contribution < 1.29 is 19.8 Å². The zero-order valence-corrected chi connectivity index (χ0v) is 11.3. The third-order valence-corrected chi connectivity index (χ3v) is 2.91. The number of carbonyl (C=O) groups excluding carboxylic acids is 1. The molecule has 0 aromatic heterocycles. The molecule has 1 rings (SSSR count). The number of rotatable bonds is 7. The fourth-order valence-corrected chi connectivity index (χ4v) is 1.60. The third-order valence-electron chi connectivity index (χ3n) is 2.91. The number of carbonyl (C=O) groups is 2. The van der Waals surface area contributed by atoms with Crippen molar-refractivity contribution in [2.45, 2.75) is 19.4 Å². The highest BCUT2D eigenvalue weighted by Gasteiger charge is 2.09. The van der Waals surface area contributed by atoms with Crippen LogP contribution in [-0.2, 0) is 4.79 Å². The van der Waals surface area contributed by atoms with Crippen molar-refractivity contribution in [1.82, 2.24) is 0 Å². The predicted octanol–water partition coefficient (Wildman–Crippen LogP) is 2.54. The summed E-state index contributed by atoms with van der Waals surface area (Å²) in [5.74, 6) is -1.12. The second-order valence-corrected chi connectivity index (χ2v) is 4.55. The number of aliphatic carboxylic acids is 1. The highest BCUT2D eigenvalue weighted by atomic mass is 16.4. The van der Waals surface area contributed by atoms with Crippen LogP contribution in [0.2, 0.25) is 0 Å². The van der Waals surface area contributed by atoms with E-state index < -0.39 is 12.1 Å². The van der Waals surface area contributed by atoms with E-state index in [9.17, 15) is 14.7 Å². The molecule has 0 unspecified atom stereocenters. The maximum absolute atomic E-state index is 10.5. The molecule has 0 saturated heterocycles. The second kappa shape index (κ2) is 8.07. The zero-order chi connectivity index (χ0) is 15.0. The molecular formula is C16H18O4. The van der Waals surface area contributed by atoms with Gasteiger partial charge in [-0.1, -0.05) is 49.4 Å². The van der Waals surface area contributed by atoms with Crippen LogP contribution in [0.5, 0.6) is 0 Å². The molecule has 4 nitrogen and oxygen atoms in total. The number of hydrogen-bond acceptors (Lipinski definition) is 3. The number of carboxylic acid groups (broad SMARTS) is 1. The van der Waals surface area contributed by atoms with Gasteiger partial charge < -0.3 is 10.2 Å². The van der Waals surface area contributed by atoms with Crippen molar-refractivity contribution in [1.29, 1.82) is 0 Å². The molecule has 4 heteroatoms. The Labute approximate surface area is 118 Å². The molecule has 0 saturated carbocycles. The lowest BCUT2D eigenvalue weighted by atomic mass is 10.00. The lowest BCUT2D eigenvalue weighted by molar-refractivity contribution is -0.131. The number of aliphatic hydroxyl groups excluding tert-OH is 1. The molecule has 2 N–H and O–H groups in total. The minimum absolute atomic E-state index is 0.0980. The van der Waals surface area contributed by atoms with Crippen LogP contribution >= 0.6 is 0 Å². The molecule has 106 valence electrons. The van der Waals surface area contributed by atoms with E-state index in [1.807, 2.05) is 31.2 Å². The average molecular weight is 274 g/mol. The first-order valence-electron chi connectivity index (χ1n) is 6.34. The van der Waals surface area contributed by atoms with Crippen LogP contribution in [0.4, 0.5) is 0 Å².